The van der Waals surface area contributed by atoms with E-state index < -0.39 is 11.6 Å². The smallest absolute Gasteiger partial charge is 0.336 e. The van der Waals surface area contributed by atoms with Crippen molar-refractivity contribution >= 4 is 29.2 Å². The maximum atomic E-state index is 10.9. The fraction of sp³-hybridized carbons (Fsp3) is 0.462. The van der Waals surface area contributed by atoms with E-state index in [0.717, 1.165) is 5.56 Å². The molecule has 0 saturated heterocycles. The molecule has 0 heterocycles. The molecule has 0 radical (unpaired) electrons. The predicted octanol–water partition coefficient (Wildman–Crippen LogP) is 2.65. The zero-order valence-electron chi connectivity index (χ0n) is 10.9. The molecule has 19 heavy (non-hydrogen) atoms. The first-order valence-corrected chi connectivity index (χ1v) is 6.64. The number of rotatable bonds is 6. The summed E-state index contributed by atoms with van der Waals surface area (Å²) in [7, 11) is 0. The normalized spacial score (nSPS) is 14.4. The number of carboxylic acid groups (broad SMARTS) is 1. The van der Waals surface area contributed by atoms with Gasteiger partial charge in [-0.1, -0.05) is 36.2 Å². The van der Waals surface area contributed by atoms with Crippen molar-refractivity contribution in [1.82, 2.24) is 4.90 Å². The first kappa shape index (κ1) is 16.2. The lowest BCUT2D eigenvalue weighted by Gasteiger charge is -2.27. The fourth-order valence-corrected chi connectivity index (χ4v) is 2.00. The molecule has 0 saturated carbocycles. The van der Waals surface area contributed by atoms with Gasteiger partial charge in [-0.25, -0.2) is 4.79 Å². The number of halogens is 2. The van der Waals surface area contributed by atoms with E-state index in [9.17, 15) is 9.90 Å². The van der Waals surface area contributed by atoms with Crippen LogP contribution < -0.4 is 0 Å². The Morgan fingerprint density at radius 2 is 2.00 bits per heavy atom. The lowest BCUT2D eigenvalue weighted by atomic mass is 10.1. The third-order valence-corrected chi connectivity index (χ3v) is 3.57. The monoisotopic (exact) mass is 305 g/mol. The second-order valence-corrected chi connectivity index (χ2v) is 5.45. The van der Waals surface area contributed by atoms with Crippen LogP contribution in [0.15, 0.2) is 18.2 Å². The van der Waals surface area contributed by atoms with Crippen molar-refractivity contribution in [3.63, 3.8) is 0 Å². The Labute approximate surface area is 122 Å². The Hall–Kier alpha value is -0.810. The number of nitrogens with zero attached hydrogens (tertiary/aromatic N) is 1. The summed E-state index contributed by atoms with van der Waals surface area (Å²) in [5, 5.41) is 19.6. The largest absolute Gasteiger partial charge is 0.479 e. The molecular weight excluding hydrogens is 289 g/mol. The third-order valence-electron chi connectivity index (χ3n) is 2.83. The highest BCUT2D eigenvalue weighted by molar-refractivity contribution is 6.42. The van der Waals surface area contributed by atoms with Gasteiger partial charge in [0.2, 0.25) is 0 Å². The van der Waals surface area contributed by atoms with Crippen LogP contribution in [0.2, 0.25) is 10.0 Å². The molecule has 2 N–H and O–H groups in total. The van der Waals surface area contributed by atoms with Crippen LogP contribution in [0.25, 0.3) is 0 Å². The first-order chi connectivity index (χ1) is 8.76. The standard InChI is InChI=1S/C13H17Cl2NO3/c1-3-16(8-13(2,19)12(17)18)7-9-4-5-10(14)11(15)6-9/h4-6,19H,3,7-8H2,1-2H3,(H,17,18). The van der Waals surface area contributed by atoms with Crippen molar-refractivity contribution in [3.8, 4) is 0 Å². The van der Waals surface area contributed by atoms with Crippen LogP contribution in [0.1, 0.15) is 19.4 Å². The van der Waals surface area contributed by atoms with Gasteiger partial charge in [0, 0.05) is 13.1 Å². The Bertz CT molecular complexity index is 463. The summed E-state index contributed by atoms with van der Waals surface area (Å²) in [6.45, 7) is 4.34. The number of hydrogen-bond acceptors (Lipinski definition) is 3. The van der Waals surface area contributed by atoms with Gasteiger partial charge in [0.05, 0.1) is 10.0 Å². The molecular formula is C13H17Cl2NO3. The summed E-state index contributed by atoms with van der Waals surface area (Å²) >= 11 is 11.8. The lowest BCUT2D eigenvalue weighted by molar-refractivity contribution is -0.158. The van der Waals surface area contributed by atoms with Gasteiger partial charge >= 0.3 is 5.97 Å². The minimum absolute atomic E-state index is 0.0408. The van der Waals surface area contributed by atoms with Gasteiger partial charge in [-0.2, -0.15) is 0 Å². The Morgan fingerprint density at radius 3 is 2.47 bits per heavy atom. The van der Waals surface area contributed by atoms with Crippen molar-refractivity contribution in [2.45, 2.75) is 26.0 Å². The molecule has 0 amide bonds. The van der Waals surface area contributed by atoms with E-state index in [2.05, 4.69) is 0 Å². The maximum Gasteiger partial charge on any atom is 0.336 e. The van der Waals surface area contributed by atoms with Gasteiger partial charge in [-0.15, -0.1) is 0 Å². The van der Waals surface area contributed by atoms with Crippen LogP contribution in [0, 0.1) is 0 Å². The van der Waals surface area contributed by atoms with Crippen molar-refractivity contribution < 1.29 is 15.0 Å². The van der Waals surface area contributed by atoms with Gasteiger partial charge in [0.1, 0.15) is 0 Å². The van der Waals surface area contributed by atoms with Crippen molar-refractivity contribution in [2.75, 3.05) is 13.1 Å². The van der Waals surface area contributed by atoms with Crippen LogP contribution in [0.4, 0.5) is 0 Å². The molecule has 1 rings (SSSR count). The summed E-state index contributed by atoms with van der Waals surface area (Å²) in [5.74, 6) is -1.24. The van der Waals surface area contributed by atoms with Gasteiger partial charge in [-0.05, 0) is 31.2 Å². The number of carbonyl (C=O) groups is 1. The molecule has 0 aliphatic heterocycles. The summed E-state index contributed by atoms with van der Waals surface area (Å²) in [5.41, 5.74) is -0.857. The molecule has 0 aliphatic carbocycles. The number of aliphatic carboxylic acids is 1. The summed E-state index contributed by atoms with van der Waals surface area (Å²) in [6.07, 6.45) is 0. The van der Waals surface area contributed by atoms with Crippen LogP contribution in [0.3, 0.4) is 0 Å². The highest BCUT2D eigenvalue weighted by Gasteiger charge is 2.31. The van der Waals surface area contributed by atoms with E-state index >= 15 is 0 Å². The lowest BCUT2D eigenvalue weighted by Crippen LogP contribution is -2.46. The van der Waals surface area contributed by atoms with E-state index in [4.69, 9.17) is 28.3 Å². The van der Waals surface area contributed by atoms with Gasteiger partial charge in [0.25, 0.3) is 0 Å². The third kappa shape index (κ3) is 4.66. The van der Waals surface area contributed by atoms with Crippen LogP contribution >= 0.6 is 23.2 Å². The molecule has 0 spiro atoms. The van der Waals surface area contributed by atoms with Crippen molar-refractivity contribution in [2.24, 2.45) is 0 Å². The van der Waals surface area contributed by atoms with Crippen LogP contribution in [-0.4, -0.2) is 39.8 Å². The number of likely N-dealkylation sites (N-methyl/N-ethyl adjacent to an activating group) is 1. The molecule has 1 aromatic rings. The zero-order chi connectivity index (χ0) is 14.6. The van der Waals surface area contributed by atoms with E-state index in [0.29, 0.717) is 23.1 Å². The summed E-state index contributed by atoms with van der Waals surface area (Å²) in [4.78, 5) is 12.7. The van der Waals surface area contributed by atoms with Gasteiger partial charge < -0.3 is 10.2 Å². The van der Waals surface area contributed by atoms with E-state index in [-0.39, 0.29) is 6.54 Å². The molecule has 1 aromatic carbocycles. The minimum atomic E-state index is -1.77. The SMILES string of the molecule is CCN(Cc1ccc(Cl)c(Cl)c1)CC(C)(O)C(=O)O. The maximum absolute atomic E-state index is 10.9. The predicted molar refractivity (Wildman–Crippen MR) is 75.7 cm³/mol. The molecule has 4 nitrogen and oxygen atoms in total. The van der Waals surface area contributed by atoms with Crippen molar-refractivity contribution in [1.29, 1.82) is 0 Å². The molecule has 0 aromatic heterocycles. The highest BCUT2D eigenvalue weighted by Crippen LogP contribution is 2.23. The summed E-state index contributed by atoms with van der Waals surface area (Å²) < 4.78 is 0. The van der Waals surface area contributed by atoms with Crippen LogP contribution in [-0.2, 0) is 11.3 Å². The van der Waals surface area contributed by atoms with E-state index in [1.807, 2.05) is 17.9 Å². The topological polar surface area (TPSA) is 60.8 Å². The zero-order valence-corrected chi connectivity index (χ0v) is 12.4. The first-order valence-electron chi connectivity index (χ1n) is 5.88. The van der Waals surface area contributed by atoms with Crippen molar-refractivity contribution in [3.05, 3.63) is 33.8 Å². The molecule has 106 valence electrons. The Balaban J connectivity index is 2.77. The van der Waals surface area contributed by atoms with Crippen LogP contribution in [0.5, 0.6) is 0 Å². The highest BCUT2D eigenvalue weighted by atomic mass is 35.5. The average molecular weight is 306 g/mol. The van der Waals surface area contributed by atoms with E-state index in [1.165, 1.54) is 6.92 Å². The molecule has 0 fully saturated rings. The number of aliphatic hydroxyl groups is 1. The quantitative estimate of drug-likeness (QED) is 0.848. The second kappa shape index (κ2) is 6.57. The summed E-state index contributed by atoms with van der Waals surface area (Å²) in [6, 6.07) is 5.26. The average Bonchev–Trinajstić information content (AvgIpc) is 2.32. The Kier molecular flexibility index (Phi) is 5.62. The van der Waals surface area contributed by atoms with Gasteiger partial charge in [0.15, 0.2) is 5.60 Å². The number of benzene rings is 1. The molecule has 0 aliphatic rings. The number of hydrogen-bond donors (Lipinski definition) is 2. The minimum Gasteiger partial charge on any atom is -0.479 e. The van der Waals surface area contributed by atoms with Gasteiger partial charge in [-0.3, -0.25) is 4.90 Å². The number of carboxylic acids is 1. The second-order valence-electron chi connectivity index (χ2n) is 4.63. The fourth-order valence-electron chi connectivity index (χ4n) is 1.68. The molecule has 0 bridgehead atoms. The molecule has 1 atom stereocenters. The molecule has 1 unspecified atom stereocenters. The molecule has 6 heteroatoms. The Morgan fingerprint density at radius 1 is 1.37 bits per heavy atom. The van der Waals surface area contributed by atoms with E-state index in [1.54, 1.807) is 12.1 Å².